The van der Waals surface area contributed by atoms with E-state index >= 15 is 0 Å². The smallest absolute Gasteiger partial charge is 0.127 e. The molecule has 0 spiro atoms. The first-order valence-electron chi connectivity index (χ1n) is 5.63. The fourth-order valence-corrected chi connectivity index (χ4v) is 1.93. The quantitative estimate of drug-likeness (QED) is 0.880. The van der Waals surface area contributed by atoms with E-state index in [2.05, 4.69) is 0 Å². The molecule has 0 unspecified atom stereocenters. The first-order chi connectivity index (χ1) is 8.30. The van der Waals surface area contributed by atoms with Crippen LogP contribution in [0.15, 0.2) is 30.3 Å². The third kappa shape index (κ3) is 2.19. The minimum Gasteiger partial charge on any atom is -0.496 e. The second-order valence-electron chi connectivity index (χ2n) is 3.74. The maximum absolute atomic E-state index is 9.26. The molecule has 90 valence electrons. The molecule has 17 heavy (non-hydrogen) atoms. The van der Waals surface area contributed by atoms with Crippen LogP contribution in [0, 0.1) is 0 Å². The lowest BCUT2D eigenvalue weighted by atomic mass is 10.1. The molecule has 2 aromatic rings. The van der Waals surface area contributed by atoms with Crippen molar-refractivity contribution in [1.29, 1.82) is 0 Å². The van der Waals surface area contributed by atoms with Crippen molar-refractivity contribution >= 4 is 10.8 Å². The Balaban J connectivity index is 2.70. The average molecular weight is 232 g/mol. The van der Waals surface area contributed by atoms with Gasteiger partial charge in [0.25, 0.3) is 0 Å². The van der Waals surface area contributed by atoms with Gasteiger partial charge in [0.15, 0.2) is 0 Å². The normalized spacial score (nSPS) is 10.5. The Hall–Kier alpha value is -1.74. The molecule has 1 N–H and O–H groups in total. The number of fused-ring (bicyclic) bond motifs is 1. The van der Waals surface area contributed by atoms with Crippen LogP contribution in [-0.4, -0.2) is 18.8 Å². The van der Waals surface area contributed by atoms with Crippen molar-refractivity contribution < 1.29 is 14.6 Å². The SMILES string of the molecule is CCOc1cc(CO)cc2c(OC)cccc12. The molecule has 0 atom stereocenters. The van der Waals surface area contributed by atoms with Crippen LogP contribution in [0.3, 0.4) is 0 Å². The Morgan fingerprint density at radius 2 is 1.94 bits per heavy atom. The fourth-order valence-electron chi connectivity index (χ4n) is 1.93. The van der Waals surface area contributed by atoms with E-state index in [1.54, 1.807) is 7.11 Å². The summed E-state index contributed by atoms with van der Waals surface area (Å²) in [6.45, 7) is 2.53. The van der Waals surface area contributed by atoms with Gasteiger partial charge in [-0.05, 0) is 30.7 Å². The number of ether oxygens (including phenoxy) is 2. The van der Waals surface area contributed by atoms with Gasteiger partial charge in [-0.3, -0.25) is 0 Å². The highest BCUT2D eigenvalue weighted by Crippen LogP contribution is 2.33. The van der Waals surface area contributed by atoms with E-state index in [9.17, 15) is 5.11 Å². The lowest BCUT2D eigenvalue weighted by Crippen LogP contribution is -1.95. The van der Waals surface area contributed by atoms with Crippen LogP contribution in [0.4, 0.5) is 0 Å². The Morgan fingerprint density at radius 1 is 1.12 bits per heavy atom. The molecule has 3 nitrogen and oxygen atoms in total. The Labute approximate surface area is 101 Å². The highest BCUT2D eigenvalue weighted by Gasteiger charge is 2.08. The molecule has 0 aliphatic carbocycles. The van der Waals surface area contributed by atoms with Crippen LogP contribution in [-0.2, 0) is 6.61 Å². The van der Waals surface area contributed by atoms with Crippen molar-refractivity contribution in [2.24, 2.45) is 0 Å². The number of hydrogen-bond donors (Lipinski definition) is 1. The lowest BCUT2D eigenvalue weighted by molar-refractivity contribution is 0.280. The van der Waals surface area contributed by atoms with Crippen molar-refractivity contribution in [1.82, 2.24) is 0 Å². The predicted molar refractivity (Wildman–Crippen MR) is 67.6 cm³/mol. The molecule has 2 aromatic carbocycles. The van der Waals surface area contributed by atoms with Gasteiger partial charge < -0.3 is 14.6 Å². The van der Waals surface area contributed by atoms with Crippen molar-refractivity contribution in [3.63, 3.8) is 0 Å². The molecule has 2 rings (SSSR count). The van der Waals surface area contributed by atoms with E-state index in [4.69, 9.17) is 9.47 Å². The fraction of sp³-hybridized carbons (Fsp3) is 0.286. The van der Waals surface area contributed by atoms with Crippen LogP contribution in [0.25, 0.3) is 10.8 Å². The standard InChI is InChI=1S/C14H16O3/c1-3-17-14-8-10(9-15)7-12-11(14)5-4-6-13(12)16-2/h4-8,15H,3,9H2,1-2H3. The highest BCUT2D eigenvalue weighted by atomic mass is 16.5. The zero-order valence-corrected chi connectivity index (χ0v) is 10.1. The van der Waals surface area contributed by atoms with E-state index in [0.717, 1.165) is 27.8 Å². The number of hydrogen-bond acceptors (Lipinski definition) is 3. The van der Waals surface area contributed by atoms with Gasteiger partial charge in [0, 0.05) is 10.8 Å². The summed E-state index contributed by atoms with van der Waals surface area (Å²) in [5.74, 6) is 1.58. The average Bonchev–Trinajstić information content (AvgIpc) is 2.38. The van der Waals surface area contributed by atoms with E-state index in [0.29, 0.717) is 6.61 Å². The largest absolute Gasteiger partial charge is 0.496 e. The summed E-state index contributed by atoms with van der Waals surface area (Å²) < 4.78 is 10.9. The maximum atomic E-state index is 9.26. The van der Waals surface area contributed by atoms with Gasteiger partial charge >= 0.3 is 0 Å². The van der Waals surface area contributed by atoms with Gasteiger partial charge in [0.05, 0.1) is 20.3 Å². The second kappa shape index (κ2) is 5.06. The molecule has 0 aromatic heterocycles. The van der Waals surface area contributed by atoms with Gasteiger partial charge in [0.2, 0.25) is 0 Å². The first-order valence-corrected chi connectivity index (χ1v) is 5.63. The van der Waals surface area contributed by atoms with Gasteiger partial charge in [-0.15, -0.1) is 0 Å². The first kappa shape index (κ1) is 11.7. The zero-order valence-electron chi connectivity index (χ0n) is 10.1. The van der Waals surface area contributed by atoms with Crippen molar-refractivity contribution in [3.05, 3.63) is 35.9 Å². The second-order valence-corrected chi connectivity index (χ2v) is 3.74. The third-order valence-corrected chi connectivity index (χ3v) is 2.68. The van der Waals surface area contributed by atoms with Gasteiger partial charge in [-0.1, -0.05) is 12.1 Å². The summed E-state index contributed by atoms with van der Waals surface area (Å²) in [5, 5.41) is 11.2. The molecule has 0 aliphatic rings. The Morgan fingerprint density at radius 3 is 2.59 bits per heavy atom. The molecule has 0 fully saturated rings. The van der Waals surface area contributed by atoms with Crippen LogP contribution in [0.1, 0.15) is 12.5 Å². The monoisotopic (exact) mass is 232 g/mol. The summed E-state index contributed by atoms with van der Waals surface area (Å²) in [7, 11) is 1.64. The van der Waals surface area contributed by atoms with Crippen molar-refractivity contribution in [2.75, 3.05) is 13.7 Å². The van der Waals surface area contributed by atoms with Crippen LogP contribution in [0.2, 0.25) is 0 Å². The number of aliphatic hydroxyl groups is 1. The van der Waals surface area contributed by atoms with E-state index in [-0.39, 0.29) is 6.61 Å². The van der Waals surface area contributed by atoms with Gasteiger partial charge in [-0.2, -0.15) is 0 Å². The highest BCUT2D eigenvalue weighted by molar-refractivity contribution is 5.93. The molecule has 0 saturated carbocycles. The number of methoxy groups -OCH3 is 1. The van der Waals surface area contributed by atoms with Crippen LogP contribution in [0.5, 0.6) is 11.5 Å². The third-order valence-electron chi connectivity index (χ3n) is 2.68. The molecule has 0 saturated heterocycles. The summed E-state index contributed by atoms with van der Waals surface area (Å²) in [4.78, 5) is 0. The topological polar surface area (TPSA) is 38.7 Å². The minimum absolute atomic E-state index is 0.00589. The molecular formula is C14H16O3. The van der Waals surface area contributed by atoms with E-state index < -0.39 is 0 Å². The molecule has 0 bridgehead atoms. The van der Waals surface area contributed by atoms with Crippen molar-refractivity contribution in [2.45, 2.75) is 13.5 Å². The molecule has 3 heteroatoms. The number of aliphatic hydroxyl groups excluding tert-OH is 1. The van der Waals surface area contributed by atoms with Crippen LogP contribution >= 0.6 is 0 Å². The van der Waals surface area contributed by atoms with Gasteiger partial charge in [0.1, 0.15) is 11.5 Å². The summed E-state index contributed by atoms with van der Waals surface area (Å²) in [5.41, 5.74) is 0.824. The predicted octanol–water partition coefficient (Wildman–Crippen LogP) is 2.74. The summed E-state index contributed by atoms with van der Waals surface area (Å²) >= 11 is 0. The number of rotatable bonds is 4. The lowest BCUT2D eigenvalue weighted by Gasteiger charge is -2.12. The summed E-state index contributed by atoms with van der Waals surface area (Å²) in [6, 6.07) is 9.62. The van der Waals surface area contributed by atoms with E-state index in [1.165, 1.54) is 0 Å². The maximum Gasteiger partial charge on any atom is 0.127 e. The summed E-state index contributed by atoms with van der Waals surface area (Å²) in [6.07, 6.45) is 0. The minimum atomic E-state index is -0.00589. The van der Waals surface area contributed by atoms with Crippen LogP contribution < -0.4 is 9.47 Å². The Kier molecular flexibility index (Phi) is 3.49. The van der Waals surface area contributed by atoms with Crippen molar-refractivity contribution in [3.8, 4) is 11.5 Å². The Bertz CT molecular complexity index is 520. The molecular weight excluding hydrogens is 216 g/mol. The molecule has 0 aliphatic heterocycles. The molecule has 0 heterocycles. The molecule has 0 amide bonds. The van der Waals surface area contributed by atoms with E-state index in [1.807, 2.05) is 37.3 Å². The molecule has 0 radical (unpaired) electrons. The van der Waals surface area contributed by atoms with Gasteiger partial charge in [-0.25, -0.2) is 0 Å². The zero-order chi connectivity index (χ0) is 12.3. The number of benzene rings is 2.